The molecule has 0 atom stereocenters. The molecule has 24 heavy (non-hydrogen) atoms. The van der Waals surface area contributed by atoms with Crippen molar-refractivity contribution in [1.29, 1.82) is 0 Å². The Hall–Kier alpha value is -2.96. The van der Waals surface area contributed by atoms with Crippen LogP contribution in [-0.4, -0.2) is 12.1 Å². The lowest BCUT2D eigenvalue weighted by molar-refractivity contribution is -0.137. The zero-order valence-corrected chi connectivity index (χ0v) is 12.6. The molecule has 0 amide bonds. The van der Waals surface area contributed by atoms with Crippen molar-refractivity contribution in [2.75, 3.05) is 12.8 Å². The molecule has 3 aromatic rings. The van der Waals surface area contributed by atoms with Crippen LogP contribution in [0.15, 0.2) is 47.3 Å². The minimum Gasteiger partial charge on any atom is -0.497 e. The van der Waals surface area contributed by atoms with E-state index in [2.05, 4.69) is 4.98 Å². The van der Waals surface area contributed by atoms with Gasteiger partial charge >= 0.3 is 6.18 Å². The Morgan fingerprint density at radius 1 is 1.08 bits per heavy atom. The Balaban J connectivity index is 2.28. The molecule has 0 unspecified atom stereocenters. The van der Waals surface area contributed by atoms with E-state index in [1.807, 2.05) is 0 Å². The van der Waals surface area contributed by atoms with Gasteiger partial charge in [-0.05, 0) is 35.9 Å². The summed E-state index contributed by atoms with van der Waals surface area (Å²) < 4.78 is 43.3. The Morgan fingerprint density at radius 3 is 2.33 bits per heavy atom. The molecule has 3 N–H and O–H groups in total. The number of alkyl halides is 3. The number of aromatic amines is 1. The molecule has 7 heteroatoms. The summed E-state index contributed by atoms with van der Waals surface area (Å²) in [5, 5.41) is 0.589. The number of halogens is 3. The number of nitrogens with one attached hydrogen (secondary N) is 1. The minimum absolute atomic E-state index is 0.0597. The molecule has 2 aromatic carbocycles. The monoisotopic (exact) mass is 334 g/mol. The van der Waals surface area contributed by atoms with Crippen molar-refractivity contribution < 1.29 is 17.9 Å². The van der Waals surface area contributed by atoms with Crippen LogP contribution in [-0.2, 0) is 6.18 Å². The second kappa shape index (κ2) is 5.59. The van der Waals surface area contributed by atoms with Gasteiger partial charge in [0.2, 0.25) is 0 Å². The molecule has 0 fully saturated rings. The van der Waals surface area contributed by atoms with E-state index >= 15 is 0 Å². The summed E-state index contributed by atoms with van der Waals surface area (Å²) in [6, 6.07) is 9.52. The number of fused-ring (bicyclic) bond motifs is 1. The zero-order valence-electron chi connectivity index (χ0n) is 12.6. The van der Waals surface area contributed by atoms with Gasteiger partial charge in [-0.2, -0.15) is 13.2 Å². The predicted molar refractivity (Wildman–Crippen MR) is 86.0 cm³/mol. The highest BCUT2D eigenvalue weighted by Crippen LogP contribution is 2.35. The van der Waals surface area contributed by atoms with Crippen LogP contribution >= 0.6 is 0 Å². The van der Waals surface area contributed by atoms with Crippen LogP contribution in [0.1, 0.15) is 5.56 Å². The summed E-state index contributed by atoms with van der Waals surface area (Å²) in [6.07, 6.45) is -4.43. The molecule has 0 radical (unpaired) electrons. The van der Waals surface area contributed by atoms with Crippen molar-refractivity contribution >= 4 is 16.6 Å². The Bertz CT molecular complexity index is 960. The Kier molecular flexibility index (Phi) is 3.71. The van der Waals surface area contributed by atoms with Crippen molar-refractivity contribution in [1.82, 2.24) is 4.98 Å². The topological polar surface area (TPSA) is 68.1 Å². The number of nitrogens with two attached hydrogens (primary N) is 1. The number of rotatable bonds is 2. The molecular formula is C17H13F3N2O2. The van der Waals surface area contributed by atoms with Crippen molar-refractivity contribution in [3.05, 3.63) is 58.4 Å². The molecule has 0 aliphatic rings. The molecule has 0 aliphatic carbocycles. The first-order valence-electron chi connectivity index (χ1n) is 6.98. The number of methoxy groups -OCH3 is 1. The van der Waals surface area contributed by atoms with Crippen molar-refractivity contribution in [2.24, 2.45) is 0 Å². The normalized spacial score (nSPS) is 11.7. The first kappa shape index (κ1) is 15.9. The van der Waals surface area contributed by atoms with E-state index in [1.165, 1.54) is 19.2 Å². The lowest BCUT2D eigenvalue weighted by Gasteiger charge is -2.12. The molecule has 3 rings (SSSR count). The molecule has 0 saturated heterocycles. The van der Waals surface area contributed by atoms with Gasteiger partial charge in [-0.3, -0.25) is 4.79 Å². The molecule has 4 nitrogen and oxygen atoms in total. The second-order valence-corrected chi connectivity index (χ2v) is 5.23. The van der Waals surface area contributed by atoms with Gasteiger partial charge in [-0.1, -0.05) is 12.1 Å². The van der Waals surface area contributed by atoms with E-state index < -0.39 is 17.3 Å². The third-order valence-electron chi connectivity index (χ3n) is 3.76. The number of hydrogen-bond donors (Lipinski definition) is 2. The lowest BCUT2D eigenvalue weighted by Crippen LogP contribution is -2.13. The molecule has 0 saturated carbocycles. The van der Waals surface area contributed by atoms with Gasteiger partial charge in [0.15, 0.2) is 0 Å². The average molecular weight is 334 g/mol. The van der Waals surface area contributed by atoms with E-state index in [0.717, 1.165) is 12.1 Å². The van der Waals surface area contributed by atoms with Crippen molar-refractivity contribution in [3.63, 3.8) is 0 Å². The fourth-order valence-electron chi connectivity index (χ4n) is 2.55. The zero-order chi connectivity index (χ0) is 17.5. The largest absolute Gasteiger partial charge is 0.497 e. The van der Waals surface area contributed by atoms with Crippen LogP contribution in [0.25, 0.3) is 22.0 Å². The molecule has 0 bridgehead atoms. The van der Waals surface area contributed by atoms with Crippen LogP contribution in [0.4, 0.5) is 18.9 Å². The molecule has 0 aliphatic heterocycles. The van der Waals surface area contributed by atoms with E-state index in [9.17, 15) is 18.0 Å². The second-order valence-electron chi connectivity index (χ2n) is 5.23. The highest BCUT2D eigenvalue weighted by atomic mass is 19.4. The van der Waals surface area contributed by atoms with Crippen LogP contribution in [0, 0.1) is 0 Å². The maximum Gasteiger partial charge on any atom is 0.416 e. The number of ether oxygens (including phenoxy) is 1. The number of anilines is 1. The third-order valence-corrected chi connectivity index (χ3v) is 3.76. The highest BCUT2D eigenvalue weighted by molar-refractivity contribution is 6.00. The molecule has 1 aromatic heterocycles. The number of benzene rings is 2. The first-order chi connectivity index (χ1) is 11.3. The van der Waals surface area contributed by atoms with Crippen molar-refractivity contribution in [2.45, 2.75) is 6.18 Å². The van der Waals surface area contributed by atoms with Gasteiger partial charge in [-0.15, -0.1) is 0 Å². The van der Waals surface area contributed by atoms with Crippen LogP contribution < -0.4 is 16.0 Å². The smallest absolute Gasteiger partial charge is 0.416 e. The van der Waals surface area contributed by atoms with Gasteiger partial charge in [0.05, 0.1) is 12.7 Å². The van der Waals surface area contributed by atoms with Crippen LogP contribution in [0.5, 0.6) is 5.75 Å². The summed E-state index contributed by atoms with van der Waals surface area (Å²) in [5.74, 6) is 0.544. The number of aromatic nitrogens is 1. The van der Waals surface area contributed by atoms with E-state index in [-0.39, 0.29) is 5.69 Å². The fourth-order valence-corrected chi connectivity index (χ4v) is 2.55. The van der Waals surface area contributed by atoms with Crippen LogP contribution in [0.2, 0.25) is 0 Å². The number of H-pyrrole nitrogens is 1. The number of hydrogen-bond acceptors (Lipinski definition) is 3. The lowest BCUT2D eigenvalue weighted by atomic mass is 9.98. The maximum atomic E-state index is 12.7. The van der Waals surface area contributed by atoms with Crippen molar-refractivity contribution in [3.8, 4) is 16.9 Å². The number of pyridine rings is 1. The van der Waals surface area contributed by atoms with Gasteiger partial charge in [-0.25, -0.2) is 0 Å². The fraction of sp³-hybridized carbons (Fsp3) is 0.118. The minimum atomic E-state index is -4.43. The summed E-state index contributed by atoms with van der Waals surface area (Å²) in [4.78, 5) is 14.7. The van der Waals surface area contributed by atoms with Gasteiger partial charge in [0, 0.05) is 16.5 Å². The van der Waals surface area contributed by atoms with E-state index in [4.69, 9.17) is 10.5 Å². The van der Waals surface area contributed by atoms with Gasteiger partial charge in [0.1, 0.15) is 11.4 Å². The quantitative estimate of drug-likeness (QED) is 0.749. The summed E-state index contributed by atoms with van der Waals surface area (Å²) >= 11 is 0. The van der Waals surface area contributed by atoms with Gasteiger partial charge in [0.25, 0.3) is 5.56 Å². The summed E-state index contributed by atoms with van der Waals surface area (Å²) in [7, 11) is 1.49. The molecule has 1 heterocycles. The van der Waals surface area contributed by atoms with E-state index in [1.54, 1.807) is 18.2 Å². The Labute approximate surface area is 134 Å². The molecular weight excluding hydrogens is 321 g/mol. The van der Waals surface area contributed by atoms with E-state index in [0.29, 0.717) is 27.8 Å². The maximum absolute atomic E-state index is 12.7. The van der Waals surface area contributed by atoms with Gasteiger partial charge < -0.3 is 15.5 Å². The molecule has 0 spiro atoms. The van der Waals surface area contributed by atoms with Crippen LogP contribution in [0.3, 0.4) is 0 Å². The summed E-state index contributed by atoms with van der Waals surface area (Å²) in [6.45, 7) is 0. The molecule has 124 valence electrons. The Morgan fingerprint density at radius 2 is 1.75 bits per heavy atom. The predicted octanol–water partition coefficient (Wildman–Crippen LogP) is 3.80. The summed E-state index contributed by atoms with van der Waals surface area (Å²) in [5.41, 5.74) is 5.88. The SMILES string of the molecule is COc1ccc2[nH]c(=O)c(N)c(-c3ccc(C(F)(F)F)cc3)c2c1. The number of nitrogen functional groups attached to an aromatic ring is 1. The first-order valence-corrected chi connectivity index (χ1v) is 6.98. The highest BCUT2D eigenvalue weighted by Gasteiger charge is 2.30. The average Bonchev–Trinajstić information content (AvgIpc) is 2.55. The standard InChI is InChI=1S/C17H13F3N2O2/c1-24-11-6-7-13-12(8-11)14(15(21)16(23)22-13)9-2-4-10(5-3-9)17(18,19)20/h2-8H,21H2,1H3,(H,22,23). The third kappa shape index (κ3) is 2.68.